The molecule has 3 N–H and O–H groups in total. The van der Waals surface area contributed by atoms with Gasteiger partial charge in [-0.2, -0.15) is 0 Å². The van der Waals surface area contributed by atoms with Gasteiger partial charge in [-0.3, -0.25) is 4.79 Å². The van der Waals surface area contributed by atoms with Crippen molar-refractivity contribution >= 4 is 46.5 Å². The van der Waals surface area contributed by atoms with Crippen LogP contribution in [0.1, 0.15) is 31.2 Å². The van der Waals surface area contributed by atoms with Crippen LogP contribution >= 0.6 is 23.2 Å². The number of likely N-dealkylation sites (tertiary alicyclic amines) is 1. The molecule has 1 aliphatic rings. The number of carbonyl (C=O) groups is 2. The number of amides is 3. The van der Waals surface area contributed by atoms with Crippen molar-refractivity contribution in [2.75, 3.05) is 23.7 Å². The van der Waals surface area contributed by atoms with Crippen LogP contribution in [0, 0.1) is 0 Å². The SMILES string of the molecule is CC([NH])C(=O)Nc1ccc(C2CCN(C(=O)Nc3c(Cl)cccc3Cl)CC2)cc1. The molecule has 1 fully saturated rings. The van der Waals surface area contributed by atoms with E-state index in [2.05, 4.69) is 10.6 Å². The Morgan fingerprint density at radius 1 is 1.03 bits per heavy atom. The van der Waals surface area contributed by atoms with Crippen LogP contribution in [0.5, 0.6) is 0 Å². The fourth-order valence-corrected chi connectivity index (χ4v) is 3.80. The van der Waals surface area contributed by atoms with Gasteiger partial charge in [0.15, 0.2) is 0 Å². The van der Waals surface area contributed by atoms with E-state index in [1.807, 2.05) is 24.3 Å². The average molecular weight is 434 g/mol. The summed E-state index contributed by atoms with van der Waals surface area (Å²) < 4.78 is 0. The van der Waals surface area contributed by atoms with Crippen LogP contribution in [0.2, 0.25) is 10.0 Å². The third-order valence-corrected chi connectivity index (χ3v) is 5.65. The highest BCUT2D eigenvalue weighted by molar-refractivity contribution is 6.39. The molecule has 0 spiro atoms. The van der Waals surface area contributed by atoms with Crippen molar-refractivity contribution in [3.63, 3.8) is 0 Å². The van der Waals surface area contributed by atoms with Gasteiger partial charge < -0.3 is 15.5 Å². The van der Waals surface area contributed by atoms with Crippen LogP contribution in [0.25, 0.3) is 0 Å². The van der Waals surface area contributed by atoms with Gasteiger partial charge in [0.2, 0.25) is 5.91 Å². The van der Waals surface area contributed by atoms with Crippen molar-refractivity contribution < 1.29 is 9.59 Å². The monoisotopic (exact) mass is 433 g/mol. The number of hydrogen-bond donors (Lipinski definition) is 2. The summed E-state index contributed by atoms with van der Waals surface area (Å²) in [6.07, 6.45) is 1.69. The zero-order valence-electron chi connectivity index (χ0n) is 16.0. The lowest BCUT2D eigenvalue weighted by Crippen LogP contribution is -2.40. The number of para-hydroxylation sites is 1. The lowest BCUT2D eigenvalue weighted by molar-refractivity contribution is -0.117. The Morgan fingerprint density at radius 2 is 1.62 bits per heavy atom. The van der Waals surface area contributed by atoms with Crippen LogP contribution in [0.15, 0.2) is 42.5 Å². The summed E-state index contributed by atoms with van der Waals surface area (Å²) in [5, 5.41) is 6.34. The van der Waals surface area contributed by atoms with E-state index in [9.17, 15) is 9.59 Å². The molecule has 0 aromatic heterocycles. The largest absolute Gasteiger partial charge is 0.325 e. The number of nitrogens with zero attached hydrogens (tertiary/aromatic N) is 1. The molecule has 3 rings (SSSR count). The minimum atomic E-state index is -0.800. The van der Waals surface area contributed by atoms with Crippen LogP contribution in [-0.4, -0.2) is 36.0 Å². The topological polar surface area (TPSA) is 85.2 Å². The highest BCUT2D eigenvalue weighted by Crippen LogP contribution is 2.32. The lowest BCUT2D eigenvalue weighted by atomic mass is 9.89. The van der Waals surface area contributed by atoms with Crippen LogP contribution in [0.3, 0.4) is 0 Å². The quantitative estimate of drug-likeness (QED) is 0.709. The van der Waals surface area contributed by atoms with Gasteiger partial charge in [-0.25, -0.2) is 10.5 Å². The van der Waals surface area contributed by atoms with E-state index >= 15 is 0 Å². The zero-order valence-corrected chi connectivity index (χ0v) is 17.6. The van der Waals surface area contributed by atoms with E-state index in [1.165, 1.54) is 12.5 Å². The first-order valence-corrected chi connectivity index (χ1v) is 10.2. The van der Waals surface area contributed by atoms with Gasteiger partial charge in [0.1, 0.15) is 0 Å². The maximum atomic E-state index is 12.6. The van der Waals surface area contributed by atoms with Crippen molar-refractivity contribution in [1.29, 1.82) is 0 Å². The second kappa shape index (κ2) is 9.48. The molecule has 153 valence electrons. The number of hydrogen-bond acceptors (Lipinski definition) is 2. The molecule has 1 atom stereocenters. The van der Waals surface area contributed by atoms with Crippen LogP contribution in [0.4, 0.5) is 16.2 Å². The first-order valence-electron chi connectivity index (χ1n) is 9.47. The van der Waals surface area contributed by atoms with Crippen molar-refractivity contribution in [3.8, 4) is 0 Å². The number of piperidine rings is 1. The fraction of sp³-hybridized carbons (Fsp3) is 0.333. The third kappa shape index (κ3) is 5.41. The molecule has 0 aliphatic carbocycles. The number of anilines is 2. The Balaban J connectivity index is 1.55. The Morgan fingerprint density at radius 3 is 2.17 bits per heavy atom. The number of benzene rings is 2. The van der Waals surface area contributed by atoms with Crippen molar-refractivity contribution in [1.82, 2.24) is 10.6 Å². The molecule has 29 heavy (non-hydrogen) atoms. The van der Waals surface area contributed by atoms with Gasteiger partial charge in [-0.1, -0.05) is 41.4 Å². The first kappa shape index (κ1) is 21.4. The van der Waals surface area contributed by atoms with Gasteiger partial charge in [-0.05, 0) is 55.5 Å². The fourth-order valence-electron chi connectivity index (χ4n) is 3.31. The Hall–Kier alpha value is -2.28. The molecule has 0 saturated carbocycles. The summed E-state index contributed by atoms with van der Waals surface area (Å²) in [7, 11) is 0. The van der Waals surface area contributed by atoms with Crippen LogP contribution < -0.4 is 16.4 Å². The molecular weight excluding hydrogens is 411 g/mol. The average Bonchev–Trinajstić information content (AvgIpc) is 2.71. The molecule has 3 amide bonds. The summed E-state index contributed by atoms with van der Waals surface area (Å²) in [6.45, 7) is 2.80. The first-order chi connectivity index (χ1) is 13.8. The molecule has 1 saturated heterocycles. The highest BCUT2D eigenvalue weighted by Gasteiger charge is 2.24. The Kier molecular flexibility index (Phi) is 7.00. The summed E-state index contributed by atoms with van der Waals surface area (Å²) in [5.41, 5.74) is 9.72. The molecule has 8 heteroatoms. The molecule has 1 heterocycles. The zero-order chi connectivity index (χ0) is 21.0. The molecule has 1 aliphatic heterocycles. The number of carbonyl (C=O) groups excluding carboxylic acids is 2. The van der Waals surface area contributed by atoms with E-state index in [1.54, 1.807) is 23.1 Å². The van der Waals surface area contributed by atoms with E-state index in [-0.39, 0.29) is 11.9 Å². The van der Waals surface area contributed by atoms with Gasteiger partial charge in [-0.15, -0.1) is 0 Å². The summed E-state index contributed by atoms with van der Waals surface area (Å²) in [4.78, 5) is 25.9. The van der Waals surface area contributed by atoms with E-state index in [4.69, 9.17) is 28.9 Å². The maximum Gasteiger partial charge on any atom is 0.321 e. The van der Waals surface area contributed by atoms with E-state index < -0.39 is 6.04 Å². The van der Waals surface area contributed by atoms with Crippen molar-refractivity contribution in [3.05, 3.63) is 58.1 Å². The predicted molar refractivity (Wildman–Crippen MR) is 117 cm³/mol. The van der Waals surface area contributed by atoms with Gasteiger partial charge in [0.25, 0.3) is 0 Å². The third-order valence-electron chi connectivity index (χ3n) is 5.02. The molecule has 0 bridgehead atoms. The Labute approximate surface area is 180 Å². The van der Waals surface area contributed by atoms with Crippen molar-refractivity contribution in [2.24, 2.45) is 0 Å². The van der Waals surface area contributed by atoms with E-state index in [0.29, 0.717) is 40.4 Å². The highest BCUT2D eigenvalue weighted by atomic mass is 35.5. The molecular formula is C21H23Cl2N4O2. The van der Waals surface area contributed by atoms with Gasteiger partial charge in [0, 0.05) is 18.8 Å². The maximum absolute atomic E-state index is 12.6. The number of rotatable bonds is 4. The molecule has 6 nitrogen and oxygen atoms in total. The number of halogens is 2. The normalized spacial score (nSPS) is 15.7. The minimum absolute atomic E-state index is 0.207. The van der Waals surface area contributed by atoms with E-state index in [0.717, 1.165) is 12.8 Å². The molecule has 2 aromatic rings. The Bertz CT molecular complexity index is 858. The molecule has 1 unspecified atom stereocenters. The predicted octanol–water partition coefficient (Wildman–Crippen LogP) is 5.01. The second-order valence-electron chi connectivity index (χ2n) is 7.12. The molecule has 2 aromatic carbocycles. The number of urea groups is 1. The van der Waals surface area contributed by atoms with Crippen LogP contribution in [-0.2, 0) is 4.79 Å². The summed E-state index contributed by atoms with van der Waals surface area (Å²) in [5.74, 6) is 0.0264. The minimum Gasteiger partial charge on any atom is -0.325 e. The number of nitrogens with one attached hydrogen (secondary N) is 3. The lowest BCUT2D eigenvalue weighted by Gasteiger charge is -2.32. The summed E-state index contributed by atoms with van der Waals surface area (Å²) in [6, 6.07) is 11.8. The van der Waals surface area contributed by atoms with Gasteiger partial charge in [0.05, 0.1) is 21.8 Å². The molecule has 1 radical (unpaired) electrons. The standard InChI is InChI=1S/C21H23Cl2N4O2/c1-13(24)20(28)25-16-7-5-14(6-8-16)15-9-11-27(12-10-15)21(29)26-19-17(22)3-2-4-18(19)23/h2-8,13,15,24H,9-12H2,1H3,(H,25,28)(H,26,29). The summed E-state index contributed by atoms with van der Waals surface area (Å²) >= 11 is 12.2. The smallest absolute Gasteiger partial charge is 0.321 e. The second-order valence-corrected chi connectivity index (χ2v) is 7.94. The van der Waals surface area contributed by atoms with Gasteiger partial charge >= 0.3 is 6.03 Å². The van der Waals surface area contributed by atoms with Crippen molar-refractivity contribution in [2.45, 2.75) is 31.7 Å².